The van der Waals surface area contributed by atoms with Crippen LogP contribution in [0.15, 0.2) is 91.5 Å². The summed E-state index contributed by atoms with van der Waals surface area (Å²) in [7, 11) is 0. The zero-order valence-electron chi connectivity index (χ0n) is 18.5. The quantitative estimate of drug-likeness (QED) is 0.320. The first kappa shape index (κ1) is 23.7. The normalized spacial score (nSPS) is 10.4. The molecule has 3 N–H and O–H groups in total. The van der Waals surface area contributed by atoms with Crippen molar-refractivity contribution in [2.24, 2.45) is 0 Å². The van der Waals surface area contributed by atoms with Gasteiger partial charge in [-0.2, -0.15) is 0 Å². The van der Waals surface area contributed by atoms with Crippen LogP contribution in [0.2, 0.25) is 5.02 Å². The third-order valence-electron chi connectivity index (χ3n) is 5.12. The number of benzene rings is 3. The Labute approximate surface area is 206 Å². The number of aromatic nitrogens is 1. The molecule has 4 rings (SSSR count). The molecule has 0 aliphatic carbocycles. The van der Waals surface area contributed by atoms with E-state index in [0.29, 0.717) is 22.1 Å². The van der Waals surface area contributed by atoms with Gasteiger partial charge in [0.1, 0.15) is 5.69 Å². The van der Waals surface area contributed by atoms with Gasteiger partial charge < -0.3 is 16.0 Å². The lowest BCUT2D eigenvalue weighted by Crippen LogP contribution is -2.33. The number of carbonyl (C=O) groups excluding carboxylic acids is 3. The lowest BCUT2D eigenvalue weighted by atomic mass is 10.0. The number of fused-ring (bicyclic) bond motifs is 1. The van der Waals surface area contributed by atoms with Crippen molar-refractivity contribution in [1.82, 2.24) is 10.3 Å². The Morgan fingerprint density at radius 2 is 1.71 bits per heavy atom. The number of hydrogen-bond acceptors (Lipinski definition) is 4. The predicted molar refractivity (Wildman–Crippen MR) is 138 cm³/mol. The molecule has 0 radical (unpaired) electrons. The minimum atomic E-state index is -0.479. The second-order valence-electron chi connectivity index (χ2n) is 7.58. The van der Waals surface area contributed by atoms with E-state index >= 15 is 0 Å². The van der Waals surface area contributed by atoms with Gasteiger partial charge in [-0.1, -0.05) is 54.6 Å². The summed E-state index contributed by atoms with van der Waals surface area (Å²) in [5.41, 5.74) is 2.70. The molecule has 8 heteroatoms. The average molecular weight is 485 g/mol. The fourth-order valence-corrected chi connectivity index (χ4v) is 3.66. The van der Waals surface area contributed by atoms with Crippen LogP contribution in [-0.2, 0) is 9.59 Å². The maximum atomic E-state index is 12.6. The molecule has 3 aromatic carbocycles. The molecule has 0 fully saturated rings. The van der Waals surface area contributed by atoms with E-state index < -0.39 is 5.91 Å². The molecule has 1 aromatic heterocycles. The molecular formula is C27H21ClN4O3. The number of pyridine rings is 1. The summed E-state index contributed by atoms with van der Waals surface area (Å²) in [5, 5.41) is 10.3. The first-order valence-electron chi connectivity index (χ1n) is 10.7. The largest absolute Gasteiger partial charge is 0.342 e. The Hall–Kier alpha value is -4.49. The highest BCUT2D eigenvalue weighted by atomic mass is 35.5. The lowest BCUT2D eigenvalue weighted by Gasteiger charge is -2.10. The fourth-order valence-electron chi connectivity index (χ4n) is 3.47. The SMILES string of the molecule is C=CC(=O)Nc1cccc2ccc(-c3cccc(C(=O)NCC(=O)Nc4cccc(Cl)c4)n3)cc12. The molecule has 0 spiro atoms. The van der Waals surface area contributed by atoms with Crippen LogP contribution in [0.25, 0.3) is 22.0 Å². The summed E-state index contributed by atoms with van der Waals surface area (Å²) in [4.78, 5) is 41.1. The second kappa shape index (κ2) is 10.6. The van der Waals surface area contributed by atoms with Gasteiger partial charge in [-0.15, -0.1) is 0 Å². The highest BCUT2D eigenvalue weighted by Gasteiger charge is 2.12. The van der Waals surface area contributed by atoms with Crippen LogP contribution in [0.4, 0.5) is 11.4 Å². The first-order chi connectivity index (χ1) is 16.9. The first-order valence-corrected chi connectivity index (χ1v) is 11.1. The standard InChI is InChI=1S/C27H21ClN4O3/c1-2-25(33)32-23-10-3-6-17-12-13-18(14-21(17)23)22-9-5-11-24(31-22)27(35)29-16-26(34)30-20-8-4-7-19(28)15-20/h2-15H,1,16H2,(H,29,35)(H,30,34)(H,32,33). The maximum absolute atomic E-state index is 12.6. The summed E-state index contributed by atoms with van der Waals surface area (Å²) in [5.74, 6) is -1.17. The third kappa shape index (κ3) is 5.90. The highest BCUT2D eigenvalue weighted by molar-refractivity contribution is 6.30. The monoisotopic (exact) mass is 484 g/mol. The predicted octanol–water partition coefficient (Wildman–Crippen LogP) is 5.05. The molecule has 0 unspecified atom stereocenters. The molecule has 0 bridgehead atoms. The number of carbonyl (C=O) groups is 3. The number of hydrogen-bond donors (Lipinski definition) is 3. The van der Waals surface area contributed by atoms with Crippen molar-refractivity contribution in [3.63, 3.8) is 0 Å². The van der Waals surface area contributed by atoms with Gasteiger partial charge in [0.2, 0.25) is 11.8 Å². The number of anilines is 2. The average Bonchev–Trinajstić information content (AvgIpc) is 2.87. The van der Waals surface area contributed by atoms with Gasteiger partial charge in [0.15, 0.2) is 0 Å². The van der Waals surface area contributed by atoms with E-state index in [1.54, 1.807) is 48.5 Å². The summed E-state index contributed by atoms with van der Waals surface area (Å²) in [6.45, 7) is 3.27. The van der Waals surface area contributed by atoms with Gasteiger partial charge in [-0.05, 0) is 53.9 Å². The fraction of sp³-hybridized carbons (Fsp3) is 0.0370. The Balaban J connectivity index is 1.49. The van der Waals surface area contributed by atoms with Crippen LogP contribution >= 0.6 is 11.6 Å². The Kier molecular flexibility index (Phi) is 7.18. The van der Waals surface area contributed by atoms with Gasteiger partial charge in [-0.25, -0.2) is 4.98 Å². The van der Waals surface area contributed by atoms with Gasteiger partial charge in [0.25, 0.3) is 5.91 Å². The molecule has 1 heterocycles. The number of rotatable bonds is 7. The maximum Gasteiger partial charge on any atom is 0.270 e. The summed E-state index contributed by atoms with van der Waals surface area (Å²) in [6.07, 6.45) is 1.21. The second-order valence-corrected chi connectivity index (χ2v) is 8.02. The molecule has 35 heavy (non-hydrogen) atoms. The van der Waals surface area contributed by atoms with E-state index in [1.165, 1.54) is 6.08 Å². The van der Waals surface area contributed by atoms with Crippen molar-refractivity contribution in [2.45, 2.75) is 0 Å². The minimum absolute atomic E-state index is 0.173. The number of halogens is 1. The van der Waals surface area contributed by atoms with Crippen LogP contribution in [-0.4, -0.2) is 29.3 Å². The van der Waals surface area contributed by atoms with Gasteiger partial charge >= 0.3 is 0 Å². The number of amides is 3. The topological polar surface area (TPSA) is 100 Å². The molecular weight excluding hydrogens is 464 g/mol. The molecule has 7 nitrogen and oxygen atoms in total. The third-order valence-corrected chi connectivity index (χ3v) is 5.36. The van der Waals surface area contributed by atoms with Crippen molar-refractivity contribution in [3.05, 3.63) is 102 Å². The van der Waals surface area contributed by atoms with E-state index in [4.69, 9.17) is 11.6 Å². The Bertz CT molecular complexity index is 1450. The van der Waals surface area contributed by atoms with E-state index in [2.05, 4.69) is 27.5 Å². The van der Waals surface area contributed by atoms with Crippen LogP contribution in [0.3, 0.4) is 0 Å². The van der Waals surface area contributed by atoms with E-state index in [1.807, 2.05) is 30.3 Å². The van der Waals surface area contributed by atoms with E-state index in [-0.39, 0.29) is 24.1 Å². The Morgan fingerprint density at radius 1 is 0.914 bits per heavy atom. The molecule has 0 atom stereocenters. The van der Waals surface area contributed by atoms with E-state index in [9.17, 15) is 14.4 Å². The van der Waals surface area contributed by atoms with Crippen LogP contribution < -0.4 is 16.0 Å². The summed E-state index contributed by atoms with van der Waals surface area (Å²) in [6, 6.07) is 23.1. The van der Waals surface area contributed by atoms with Crippen LogP contribution in [0.1, 0.15) is 10.5 Å². The molecule has 0 aliphatic heterocycles. The van der Waals surface area contributed by atoms with Crippen molar-refractivity contribution < 1.29 is 14.4 Å². The van der Waals surface area contributed by atoms with Crippen molar-refractivity contribution >= 4 is 51.5 Å². The van der Waals surface area contributed by atoms with Crippen LogP contribution in [0.5, 0.6) is 0 Å². The summed E-state index contributed by atoms with van der Waals surface area (Å²) < 4.78 is 0. The number of nitrogens with zero attached hydrogens (tertiary/aromatic N) is 1. The lowest BCUT2D eigenvalue weighted by molar-refractivity contribution is -0.115. The molecule has 0 saturated heterocycles. The highest BCUT2D eigenvalue weighted by Crippen LogP contribution is 2.28. The zero-order valence-corrected chi connectivity index (χ0v) is 19.3. The molecule has 174 valence electrons. The van der Waals surface area contributed by atoms with Gasteiger partial charge in [0, 0.05) is 27.3 Å². The molecule has 3 amide bonds. The zero-order chi connectivity index (χ0) is 24.8. The summed E-state index contributed by atoms with van der Waals surface area (Å²) >= 11 is 5.92. The van der Waals surface area contributed by atoms with Gasteiger partial charge in [-0.3, -0.25) is 14.4 Å². The van der Waals surface area contributed by atoms with Crippen molar-refractivity contribution in [1.29, 1.82) is 0 Å². The Morgan fingerprint density at radius 3 is 2.51 bits per heavy atom. The molecule has 0 aliphatic rings. The van der Waals surface area contributed by atoms with Crippen LogP contribution in [0, 0.1) is 0 Å². The van der Waals surface area contributed by atoms with Crippen molar-refractivity contribution in [3.8, 4) is 11.3 Å². The minimum Gasteiger partial charge on any atom is -0.342 e. The van der Waals surface area contributed by atoms with Gasteiger partial charge in [0.05, 0.1) is 12.2 Å². The molecule has 0 saturated carbocycles. The molecule has 4 aromatic rings. The van der Waals surface area contributed by atoms with Crippen molar-refractivity contribution in [2.75, 3.05) is 17.2 Å². The van der Waals surface area contributed by atoms with E-state index in [0.717, 1.165) is 16.3 Å². The smallest absolute Gasteiger partial charge is 0.270 e. The number of nitrogens with one attached hydrogen (secondary N) is 3.